The van der Waals surface area contributed by atoms with Gasteiger partial charge in [0, 0.05) is 5.92 Å². The molecular weight excluding hydrogens is 358 g/mol. The summed E-state index contributed by atoms with van der Waals surface area (Å²) in [5, 5.41) is 2.61. The van der Waals surface area contributed by atoms with Crippen molar-refractivity contribution >= 4 is 12.4 Å². The number of carbonyl (C=O) groups is 2. The largest absolute Gasteiger partial charge is 0.497 e. The second kappa shape index (κ2) is 9.92. The maximum atomic E-state index is 12.0. The second-order valence-electron chi connectivity index (χ2n) is 8.72. The number of benzene rings is 1. The minimum absolute atomic E-state index is 0.0519. The van der Waals surface area contributed by atoms with Crippen molar-refractivity contribution < 1.29 is 23.8 Å². The van der Waals surface area contributed by atoms with Gasteiger partial charge in [-0.25, -0.2) is 4.79 Å². The van der Waals surface area contributed by atoms with Gasteiger partial charge >= 0.3 is 6.09 Å². The normalized spacial score (nSPS) is 16.0. The molecule has 1 aromatic carbocycles. The number of aldehydes is 1. The van der Waals surface area contributed by atoms with Crippen LogP contribution in [0.2, 0.25) is 0 Å². The zero-order valence-corrected chi connectivity index (χ0v) is 18.4. The summed E-state index contributed by atoms with van der Waals surface area (Å²) >= 11 is 0. The molecule has 3 atom stereocenters. The molecule has 0 aliphatic heterocycles. The van der Waals surface area contributed by atoms with E-state index < -0.39 is 17.2 Å². The highest BCUT2D eigenvalue weighted by atomic mass is 16.6. The lowest BCUT2D eigenvalue weighted by atomic mass is 9.84. The topological polar surface area (TPSA) is 73.9 Å². The Kier molecular flexibility index (Phi) is 8.48. The highest BCUT2D eigenvalue weighted by Crippen LogP contribution is 2.31. The lowest BCUT2D eigenvalue weighted by molar-refractivity contribution is -0.116. The number of nitrogens with one attached hydrogen (secondary N) is 1. The highest BCUT2D eigenvalue weighted by Gasteiger charge is 2.32. The Hall–Kier alpha value is -2.08. The molecule has 1 N–H and O–H groups in total. The summed E-state index contributed by atoms with van der Waals surface area (Å²) in [5.74, 6) is 1.25. The number of alkyl carbamates (subject to hydrolysis) is 1. The van der Waals surface area contributed by atoms with Crippen molar-refractivity contribution in [2.24, 2.45) is 5.92 Å². The Morgan fingerprint density at radius 1 is 1.11 bits per heavy atom. The minimum atomic E-state index is -1.17. The number of methoxy groups -OCH3 is 1. The van der Waals surface area contributed by atoms with Gasteiger partial charge < -0.3 is 24.3 Å². The molecule has 0 aliphatic carbocycles. The summed E-state index contributed by atoms with van der Waals surface area (Å²) in [6.45, 7) is 13.2. The molecule has 0 aliphatic rings. The molecular formula is C22H35NO5. The van der Waals surface area contributed by atoms with E-state index in [-0.39, 0.29) is 18.6 Å². The predicted octanol–water partition coefficient (Wildman–Crippen LogP) is 4.32. The van der Waals surface area contributed by atoms with Gasteiger partial charge in [0.1, 0.15) is 23.2 Å². The van der Waals surface area contributed by atoms with Crippen molar-refractivity contribution in [1.29, 1.82) is 0 Å². The van der Waals surface area contributed by atoms with E-state index >= 15 is 0 Å². The summed E-state index contributed by atoms with van der Waals surface area (Å²) in [5.41, 5.74) is -0.673. The van der Waals surface area contributed by atoms with Gasteiger partial charge in [-0.1, -0.05) is 26.0 Å². The van der Waals surface area contributed by atoms with Gasteiger partial charge in [0.2, 0.25) is 0 Å². The van der Waals surface area contributed by atoms with Crippen molar-refractivity contribution in [2.45, 2.75) is 71.6 Å². The molecule has 1 amide bonds. The Morgan fingerprint density at radius 3 is 2.11 bits per heavy atom. The maximum Gasteiger partial charge on any atom is 0.408 e. The van der Waals surface area contributed by atoms with Gasteiger partial charge in [0.15, 0.2) is 0 Å². The average molecular weight is 394 g/mol. The summed E-state index contributed by atoms with van der Waals surface area (Å²) < 4.78 is 16.5. The van der Waals surface area contributed by atoms with E-state index in [4.69, 9.17) is 14.2 Å². The Balaban J connectivity index is 2.81. The second-order valence-corrected chi connectivity index (χ2v) is 8.72. The van der Waals surface area contributed by atoms with Crippen LogP contribution >= 0.6 is 0 Å². The summed E-state index contributed by atoms with van der Waals surface area (Å²) in [6.07, 6.45) is -0.122. The quantitative estimate of drug-likeness (QED) is 0.633. The van der Waals surface area contributed by atoms with Crippen LogP contribution in [0.15, 0.2) is 24.3 Å². The molecule has 6 nitrogen and oxygen atoms in total. The maximum absolute atomic E-state index is 12.0. The number of amides is 1. The molecule has 0 spiro atoms. The molecule has 158 valence electrons. The Bertz CT molecular complexity index is 635. The molecule has 0 heterocycles. The molecule has 0 unspecified atom stereocenters. The van der Waals surface area contributed by atoms with Crippen LogP contribution in [0.25, 0.3) is 0 Å². The molecule has 0 bridgehead atoms. The predicted molar refractivity (Wildman–Crippen MR) is 110 cm³/mol. The first-order valence-corrected chi connectivity index (χ1v) is 9.64. The van der Waals surface area contributed by atoms with E-state index in [1.165, 1.54) is 0 Å². The zero-order chi connectivity index (χ0) is 21.5. The molecule has 28 heavy (non-hydrogen) atoms. The fraction of sp³-hybridized carbons (Fsp3) is 0.636. The molecule has 1 aromatic rings. The van der Waals surface area contributed by atoms with E-state index in [2.05, 4.69) is 19.2 Å². The molecule has 0 saturated heterocycles. The van der Waals surface area contributed by atoms with Crippen LogP contribution in [0, 0.1) is 5.92 Å². The van der Waals surface area contributed by atoms with E-state index in [0.717, 1.165) is 11.3 Å². The standard InChI is InChI=1S/C22H35NO5/c1-15(2)19(17-9-11-18(26-8)12-10-17)16(3)27-14-22(7,13-24)23-20(25)28-21(4,5)6/h9-13,15-16,19H,14H2,1-8H3,(H,23,25)/t16-,19+,22-/m0/s1. The van der Waals surface area contributed by atoms with Crippen molar-refractivity contribution in [2.75, 3.05) is 13.7 Å². The number of hydrogen-bond acceptors (Lipinski definition) is 5. The first-order valence-electron chi connectivity index (χ1n) is 9.64. The van der Waals surface area contributed by atoms with Crippen LogP contribution < -0.4 is 10.1 Å². The van der Waals surface area contributed by atoms with Gasteiger partial charge in [0.25, 0.3) is 0 Å². The molecule has 6 heteroatoms. The molecule has 0 radical (unpaired) electrons. The molecule has 0 saturated carbocycles. The van der Waals surface area contributed by atoms with Crippen molar-refractivity contribution in [1.82, 2.24) is 5.32 Å². The fourth-order valence-corrected chi connectivity index (χ4v) is 3.07. The third-order valence-corrected chi connectivity index (χ3v) is 4.42. The first-order chi connectivity index (χ1) is 12.9. The van der Waals surface area contributed by atoms with E-state index in [1.54, 1.807) is 34.8 Å². The van der Waals surface area contributed by atoms with E-state index in [9.17, 15) is 9.59 Å². The Morgan fingerprint density at radius 2 is 1.68 bits per heavy atom. The number of ether oxygens (including phenoxy) is 3. The average Bonchev–Trinajstić information content (AvgIpc) is 2.58. The van der Waals surface area contributed by atoms with Gasteiger partial charge in [0.05, 0.1) is 19.8 Å². The first kappa shape index (κ1) is 24.0. The van der Waals surface area contributed by atoms with Crippen molar-refractivity contribution in [3.63, 3.8) is 0 Å². The molecule has 1 rings (SSSR count). The summed E-state index contributed by atoms with van der Waals surface area (Å²) in [4.78, 5) is 23.7. The monoisotopic (exact) mass is 393 g/mol. The summed E-state index contributed by atoms with van der Waals surface area (Å²) in [6, 6.07) is 7.91. The lowest BCUT2D eigenvalue weighted by Gasteiger charge is -2.32. The van der Waals surface area contributed by atoms with Gasteiger partial charge in [-0.3, -0.25) is 0 Å². The van der Waals surface area contributed by atoms with Crippen LogP contribution in [0.1, 0.15) is 59.9 Å². The third-order valence-electron chi connectivity index (χ3n) is 4.42. The van der Waals surface area contributed by atoms with Crippen LogP contribution in [-0.4, -0.2) is 43.3 Å². The minimum Gasteiger partial charge on any atom is -0.497 e. The third kappa shape index (κ3) is 7.50. The van der Waals surface area contributed by atoms with Crippen LogP contribution in [0.4, 0.5) is 4.79 Å². The van der Waals surface area contributed by atoms with Gasteiger partial charge in [-0.05, 0) is 58.2 Å². The van der Waals surface area contributed by atoms with Gasteiger partial charge in [-0.2, -0.15) is 0 Å². The van der Waals surface area contributed by atoms with Crippen molar-refractivity contribution in [3.05, 3.63) is 29.8 Å². The number of rotatable bonds is 9. The van der Waals surface area contributed by atoms with Crippen LogP contribution in [-0.2, 0) is 14.3 Å². The van der Waals surface area contributed by atoms with Crippen LogP contribution in [0.3, 0.4) is 0 Å². The van der Waals surface area contributed by atoms with Crippen LogP contribution in [0.5, 0.6) is 5.75 Å². The van der Waals surface area contributed by atoms with Gasteiger partial charge in [-0.15, -0.1) is 0 Å². The lowest BCUT2D eigenvalue weighted by Crippen LogP contribution is -2.53. The zero-order valence-electron chi connectivity index (χ0n) is 18.4. The van der Waals surface area contributed by atoms with E-state index in [0.29, 0.717) is 12.2 Å². The molecule has 0 aromatic heterocycles. The SMILES string of the molecule is COc1ccc([C@H](C(C)C)[C@H](C)OC[C@](C)(C=O)NC(=O)OC(C)(C)C)cc1. The molecule has 0 fully saturated rings. The van der Waals surface area contributed by atoms with E-state index in [1.807, 2.05) is 31.2 Å². The smallest absolute Gasteiger partial charge is 0.408 e. The highest BCUT2D eigenvalue weighted by molar-refractivity contribution is 5.76. The number of hydrogen-bond donors (Lipinski definition) is 1. The number of carbonyl (C=O) groups excluding carboxylic acids is 2. The Labute approximate surface area is 168 Å². The fourth-order valence-electron chi connectivity index (χ4n) is 3.07. The van der Waals surface area contributed by atoms with Crippen molar-refractivity contribution in [3.8, 4) is 5.75 Å². The summed E-state index contributed by atoms with van der Waals surface area (Å²) in [7, 11) is 1.64.